The van der Waals surface area contributed by atoms with Crippen molar-refractivity contribution in [1.82, 2.24) is 9.88 Å². The lowest BCUT2D eigenvalue weighted by Gasteiger charge is -2.31. The van der Waals surface area contributed by atoms with Crippen LogP contribution in [-0.2, 0) is 22.4 Å². The third-order valence-electron chi connectivity index (χ3n) is 5.98. The third-order valence-corrected chi connectivity index (χ3v) is 7.15. The van der Waals surface area contributed by atoms with Crippen molar-refractivity contribution in [3.05, 3.63) is 51.7 Å². The second-order valence-corrected chi connectivity index (χ2v) is 9.47. The lowest BCUT2D eigenvalue weighted by atomic mass is 9.94. The summed E-state index contributed by atoms with van der Waals surface area (Å²) < 4.78 is 5.69. The number of nitrogens with zero attached hydrogens (tertiary/aromatic N) is 3. The van der Waals surface area contributed by atoms with Gasteiger partial charge in [0.2, 0.25) is 5.91 Å². The van der Waals surface area contributed by atoms with Crippen LogP contribution in [0.2, 0.25) is 0 Å². The van der Waals surface area contributed by atoms with Crippen LogP contribution >= 0.6 is 11.3 Å². The van der Waals surface area contributed by atoms with Crippen molar-refractivity contribution >= 4 is 34.4 Å². The Hall–Kier alpha value is -3.22. The molecule has 2 atom stereocenters. The number of thiophene rings is 1. The van der Waals surface area contributed by atoms with Gasteiger partial charge in [-0.1, -0.05) is 0 Å². The van der Waals surface area contributed by atoms with Gasteiger partial charge in [-0.25, -0.2) is 4.79 Å². The molecule has 0 saturated carbocycles. The first kappa shape index (κ1) is 23.0. The lowest BCUT2D eigenvalue weighted by Crippen LogP contribution is -2.44. The highest BCUT2D eigenvalue weighted by molar-refractivity contribution is 7.16. The molecule has 0 spiro atoms. The van der Waals surface area contributed by atoms with Crippen LogP contribution in [0, 0.1) is 18.3 Å². The number of aromatic nitrogens is 1. The van der Waals surface area contributed by atoms with E-state index in [2.05, 4.69) is 16.4 Å². The number of pyridine rings is 1. The Morgan fingerprint density at radius 2 is 2.27 bits per heavy atom. The van der Waals surface area contributed by atoms with Gasteiger partial charge in [-0.2, -0.15) is 5.26 Å². The molecule has 2 amide bonds. The average Bonchev–Trinajstić information content (AvgIpc) is 3.14. The fraction of sp³-hybridized carbons (Fsp3) is 0.417. The van der Waals surface area contributed by atoms with Crippen molar-refractivity contribution in [1.29, 1.82) is 5.26 Å². The molecule has 0 bridgehead atoms. The van der Waals surface area contributed by atoms with Crippen LogP contribution in [-0.4, -0.2) is 52.3 Å². The average molecular weight is 467 g/mol. The summed E-state index contributed by atoms with van der Waals surface area (Å²) >= 11 is 1.36. The molecule has 0 radical (unpaired) electrons. The predicted octanol–water partition coefficient (Wildman–Crippen LogP) is 3.43. The molecule has 172 valence electrons. The molecule has 1 aliphatic carbocycles. The van der Waals surface area contributed by atoms with E-state index < -0.39 is 12.2 Å². The Morgan fingerprint density at radius 1 is 1.42 bits per heavy atom. The quantitative estimate of drug-likeness (QED) is 0.667. The van der Waals surface area contributed by atoms with E-state index in [1.807, 2.05) is 13.0 Å². The number of nitriles is 1. The molecule has 2 unspecified atom stereocenters. The van der Waals surface area contributed by atoms with Crippen LogP contribution < -0.4 is 5.32 Å². The second kappa shape index (κ2) is 10.1. The molecule has 1 fully saturated rings. The van der Waals surface area contributed by atoms with Crippen molar-refractivity contribution in [2.24, 2.45) is 0 Å². The number of aryl methyl sites for hydroxylation is 1. The Labute approximate surface area is 196 Å². The summed E-state index contributed by atoms with van der Waals surface area (Å²) in [6, 6.07) is 4.09. The highest BCUT2D eigenvalue weighted by atomic mass is 32.1. The van der Waals surface area contributed by atoms with Crippen molar-refractivity contribution in [3.8, 4) is 6.07 Å². The number of piperidine rings is 1. The summed E-state index contributed by atoms with van der Waals surface area (Å²) in [5.74, 6) is -0.319. The normalized spacial score (nSPS) is 20.2. The zero-order valence-corrected chi connectivity index (χ0v) is 19.2. The topological polar surface area (TPSA) is 116 Å². The van der Waals surface area contributed by atoms with E-state index >= 15 is 0 Å². The highest BCUT2D eigenvalue weighted by Crippen LogP contribution is 2.38. The maximum Gasteiger partial charge on any atom is 0.410 e. The van der Waals surface area contributed by atoms with Gasteiger partial charge >= 0.3 is 6.09 Å². The molecule has 3 heterocycles. The maximum atomic E-state index is 12.5. The van der Waals surface area contributed by atoms with Crippen LogP contribution in [0.4, 0.5) is 9.80 Å². The van der Waals surface area contributed by atoms with Crippen LogP contribution in [0.3, 0.4) is 0 Å². The SMILES string of the molecule is Cc1ccncc1C=CC(=O)Nc1sc2c(c1C#N)CCC(OC(=O)N1CCCC(O)C1)C2. The maximum absolute atomic E-state index is 12.5. The van der Waals surface area contributed by atoms with E-state index in [9.17, 15) is 20.0 Å². The van der Waals surface area contributed by atoms with Gasteiger partial charge in [-0.05, 0) is 61.4 Å². The number of carbonyl (C=O) groups is 2. The predicted molar refractivity (Wildman–Crippen MR) is 125 cm³/mol. The minimum absolute atomic E-state index is 0.286. The van der Waals surface area contributed by atoms with Crippen molar-refractivity contribution in [2.45, 2.75) is 51.2 Å². The first-order chi connectivity index (χ1) is 15.9. The van der Waals surface area contributed by atoms with E-state index in [0.717, 1.165) is 28.0 Å². The molecule has 1 aliphatic heterocycles. The number of anilines is 1. The van der Waals surface area contributed by atoms with Crippen LogP contribution in [0.1, 0.15) is 46.4 Å². The molecule has 2 N–H and O–H groups in total. The monoisotopic (exact) mass is 466 g/mol. The number of likely N-dealkylation sites (tertiary alicyclic amines) is 1. The van der Waals surface area contributed by atoms with Crippen molar-refractivity contribution in [3.63, 3.8) is 0 Å². The summed E-state index contributed by atoms with van der Waals surface area (Å²) in [4.78, 5) is 31.5. The number of fused-ring (bicyclic) bond motifs is 1. The van der Waals surface area contributed by atoms with Crippen LogP contribution in [0.15, 0.2) is 24.5 Å². The number of hydrogen-bond acceptors (Lipinski definition) is 7. The first-order valence-corrected chi connectivity index (χ1v) is 11.8. The van der Waals surface area contributed by atoms with E-state index in [4.69, 9.17) is 4.74 Å². The number of ether oxygens (including phenoxy) is 1. The Bertz CT molecular complexity index is 1120. The molecule has 2 aromatic rings. The number of rotatable bonds is 4. The van der Waals surface area contributed by atoms with Crippen molar-refractivity contribution in [2.75, 3.05) is 18.4 Å². The fourth-order valence-corrected chi connectivity index (χ4v) is 5.44. The number of amides is 2. The molecule has 1 saturated heterocycles. The highest BCUT2D eigenvalue weighted by Gasteiger charge is 2.30. The third kappa shape index (κ3) is 5.41. The Balaban J connectivity index is 1.41. The van der Waals surface area contributed by atoms with E-state index in [1.165, 1.54) is 17.4 Å². The number of β-amino-alcohol motifs (C(OH)–C–C–N with tert-alkyl or cyclic N) is 1. The van der Waals surface area contributed by atoms with Crippen molar-refractivity contribution < 1.29 is 19.4 Å². The lowest BCUT2D eigenvalue weighted by molar-refractivity contribution is -0.111. The zero-order chi connectivity index (χ0) is 23.4. The van der Waals surface area contributed by atoms with Crippen LogP contribution in [0.25, 0.3) is 6.08 Å². The molecule has 2 aliphatic rings. The summed E-state index contributed by atoms with van der Waals surface area (Å²) in [6.45, 7) is 2.83. The van der Waals surface area contributed by atoms with Gasteiger partial charge in [-0.15, -0.1) is 11.3 Å². The van der Waals surface area contributed by atoms with Gasteiger partial charge in [0.25, 0.3) is 0 Å². The zero-order valence-electron chi connectivity index (χ0n) is 18.4. The number of aliphatic hydroxyl groups excluding tert-OH is 1. The fourth-order valence-electron chi connectivity index (χ4n) is 4.17. The first-order valence-electron chi connectivity index (χ1n) is 11.0. The molecule has 0 aromatic carbocycles. The van der Waals surface area contributed by atoms with Gasteiger partial charge in [0.05, 0.1) is 11.7 Å². The van der Waals surface area contributed by atoms with E-state index in [-0.39, 0.29) is 12.0 Å². The summed E-state index contributed by atoms with van der Waals surface area (Å²) in [7, 11) is 0. The smallest absolute Gasteiger partial charge is 0.410 e. The van der Waals surface area contributed by atoms with Crippen LogP contribution in [0.5, 0.6) is 0 Å². The summed E-state index contributed by atoms with van der Waals surface area (Å²) in [5.41, 5.74) is 3.27. The number of aliphatic hydroxyl groups is 1. The van der Waals surface area contributed by atoms with Gasteiger partial charge in [0.1, 0.15) is 17.2 Å². The molecule has 33 heavy (non-hydrogen) atoms. The summed E-state index contributed by atoms with van der Waals surface area (Å²) in [5, 5.41) is 22.8. The number of nitrogens with one attached hydrogen (secondary N) is 1. The Morgan fingerprint density at radius 3 is 3.03 bits per heavy atom. The molecule has 9 heteroatoms. The minimum atomic E-state index is -0.498. The largest absolute Gasteiger partial charge is 0.446 e. The number of carbonyl (C=O) groups excluding carboxylic acids is 2. The second-order valence-electron chi connectivity index (χ2n) is 8.37. The van der Waals surface area contributed by atoms with Gasteiger partial charge in [0, 0.05) is 42.9 Å². The molecule has 2 aromatic heterocycles. The Kier molecular flexibility index (Phi) is 7.06. The molecular formula is C24H26N4O4S. The van der Waals surface area contributed by atoms with Gasteiger partial charge in [-0.3, -0.25) is 9.78 Å². The molecule has 4 rings (SSSR count). The van der Waals surface area contributed by atoms with Gasteiger partial charge < -0.3 is 20.1 Å². The molecule has 8 nitrogen and oxygen atoms in total. The van der Waals surface area contributed by atoms with E-state index in [0.29, 0.717) is 49.3 Å². The molecular weight excluding hydrogens is 440 g/mol. The standard InChI is InChI=1S/C24H26N4O4S/c1-15-8-9-26-13-16(15)4-7-22(30)27-23-20(12-25)19-6-5-18(11-21(19)33-23)32-24(31)28-10-2-3-17(29)14-28/h4,7-9,13,17-18,29H,2-3,5-6,10-11,14H2,1H3,(H,27,30). The van der Waals surface area contributed by atoms with E-state index in [1.54, 1.807) is 23.4 Å². The number of hydrogen-bond donors (Lipinski definition) is 2. The summed E-state index contributed by atoms with van der Waals surface area (Å²) in [6.07, 6.45) is 8.54. The minimum Gasteiger partial charge on any atom is -0.446 e. The van der Waals surface area contributed by atoms with Gasteiger partial charge in [0.15, 0.2) is 0 Å².